The predicted octanol–water partition coefficient (Wildman–Crippen LogP) is 3.60. The fourth-order valence-corrected chi connectivity index (χ4v) is 2.82. The van der Waals surface area contributed by atoms with E-state index in [9.17, 15) is 0 Å². The van der Waals surface area contributed by atoms with E-state index in [0.717, 1.165) is 34.4 Å². The number of ether oxygens (including phenoxy) is 2. The molecule has 0 saturated carbocycles. The molecule has 1 aliphatic heterocycles. The highest BCUT2D eigenvalue weighted by Crippen LogP contribution is 2.33. The van der Waals surface area contributed by atoms with Gasteiger partial charge in [-0.25, -0.2) is 9.97 Å². The number of aromatic nitrogens is 2. The maximum atomic E-state index is 5.40. The van der Waals surface area contributed by atoms with Gasteiger partial charge < -0.3 is 14.8 Å². The zero-order valence-corrected chi connectivity index (χ0v) is 12.5. The van der Waals surface area contributed by atoms with E-state index in [2.05, 4.69) is 27.4 Å². The zero-order chi connectivity index (χ0) is 14.8. The SMILES string of the molecule is c1csc(Nc2ccc(Cc3ccc4c(c3)OCO4)cn2)n1. The Labute approximate surface area is 131 Å². The first-order valence-electron chi connectivity index (χ1n) is 6.87. The molecule has 4 rings (SSSR count). The second-order valence-electron chi connectivity index (χ2n) is 4.88. The first-order chi connectivity index (χ1) is 10.9. The van der Waals surface area contributed by atoms with E-state index < -0.39 is 0 Å². The van der Waals surface area contributed by atoms with Gasteiger partial charge in [0.1, 0.15) is 5.82 Å². The summed E-state index contributed by atoms with van der Waals surface area (Å²) in [5.74, 6) is 2.42. The molecule has 0 bridgehead atoms. The highest BCUT2D eigenvalue weighted by atomic mass is 32.1. The average molecular weight is 311 g/mol. The summed E-state index contributed by atoms with van der Waals surface area (Å²) in [4.78, 5) is 8.60. The van der Waals surface area contributed by atoms with E-state index in [1.54, 1.807) is 17.5 Å². The molecule has 110 valence electrons. The van der Waals surface area contributed by atoms with Crippen LogP contribution in [0, 0.1) is 0 Å². The van der Waals surface area contributed by atoms with E-state index in [4.69, 9.17) is 9.47 Å². The molecule has 5 nitrogen and oxygen atoms in total. The van der Waals surface area contributed by atoms with Crippen molar-refractivity contribution in [3.63, 3.8) is 0 Å². The molecule has 0 radical (unpaired) electrons. The van der Waals surface area contributed by atoms with Gasteiger partial charge >= 0.3 is 0 Å². The molecule has 2 aromatic heterocycles. The highest BCUT2D eigenvalue weighted by Gasteiger charge is 2.13. The van der Waals surface area contributed by atoms with Gasteiger partial charge in [-0.1, -0.05) is 12.1 Å². The van der Waals surface area contributed by atoms with Gasteiger partial charge in [-0.2, -0.15) is 0 Å². The lowest BCUT2D eigenvalue weighted by Crippen LogP contribution is -1.95. The van der Waals surface area contributed by atoms with Crippen molar-refractivity contribution in [3.8, 4) is 11.5 Å². The molecule has 3 aromatic rings. The Morgan fingerprint density at radius 1 is 1.05 bits per heavy atom. The van der Waals surface area contributed by atoms with Crippen molar-refractivity contribution in [1.29, 1.82) is 0 Å². The summed E-state index contributed by atoms with van der Waals surface area (Å²) in [6.45, 7) is 0.303. The quantitative estimate of drug-likeness (QED) is 0.798. The van der Waals surface area contributed by atoms with Crippen molar-refractivity contribution in [3.05, 3.63) is 59.2 Å². The normalized spacial score (nSPS) is 12.4. The van der Waals surface area contributed by atoms with Crippen molar-refractivity contribution in [1.82, 2.24) is 9.97 Å². The molecular weight excluding hydrogens is 298 g/mol. The number of nitrogens with zero attached hydrogens (tertiary/aromatic N) is 2. The summed E-state index contributed by atoms with van der Waals surface area (Å²) in [6.07, 6.45) is 4.45. The molecule has 0 fully saturated rings. The lowest BCUT2D eigenvalue weighted by molar-refractivity contribution is 0.174. The summed E-state index contributed by atoms with van der Waals surface area (Å²) in [5.41, 5.74) is 2.32. The summed E-state index contributed by atoms with van der Waals surface area (Å²) in [6, 6.07) is 10.0. The van der Waals surface area contributed by atoms with Crippen LogP contribution >= 0.6 is 11.3 Å². The van der Waals surface area contributed by atoms with Crippen LogP contribution in [-0.4, -0.2) is 16.8 Å². The summed E-state index contributed by atoms with van der Waals surface area (Å²) < 4.78 is 10.7. The molecule has 0 atom stereocenters. The molecule has 1 aliphatic rings. The number of benzene rings is 1. The second kappa shape index (κ2) is 5.65. The Hall–Kier alpha value is -2.60. The van der Waals surface area contributed by atoms with E-state index in [0.29, 0.717) is 6.79 Å². The van der Waals surface area contributed by atoms with Crippen LogP contribution in [0.25, 0.3) is 0 Å². The van der Waals surface area contributed by atoms with Gasteiger partial charge in [-0.15, -0.1) is 11.3 Å². The number of pyridine rings is 1. The summed E-state index contributed by atoms with van der Waals surface area (Å²) >= 11 is 1.55. The van der Waals surface area contributed by atoms with E-state index in [-0.39, 0.29) is 0 Å². The third-order valence-corrected chi connectivity index (χ3v) is 4.03. The predicted molar refractivity (Wildman–Crippen MR) is 85.0 cm³/mol. The van der Waals surface area contributed by atoms with Crippen molar-refractivity contribution in [2.24, 2.45) is 0 Å². The van der Waals surface area contributed by atoms with Crippen molar-refractivity contribution < 1.29 is 9.47 Å². The van der Waals surface area contributed by atoms with Crippen molar-refractivity contribution in [2.45, 2.75) is 6.42 Å². The van der Waals surface area contributed by atoms with Crippen LogP contribution in [0.15, 0.2) is 48.1 Å². The van der Waals surface area contributed by atoms with Crippen LogP contribution < -0.4 is 14.8 Å². The molecule has 0 unspecified atom stereocenters. The number of rotatable bonds is 4. The van der Waals surface area contributed by atoms with Gasteiger partial charge in [-0.05, 0) is 35.7 Å². The van der Waals surface area contributed by atoms with Crippen LogP contribution in [0.3, 0.4) is 0 Å². The zero-order valence-electron chi connectivity index (χ0n) is 11.7. The summed E-state index contributed by atoms with van der Waals surface area (Å²) in [5, 5.41) is 5.94. The third-order valence-electron chi connectivity index (χ3n) is 3.34. The maximum Gasteiger partial charge on any atom is 0.231 e. The number of anilines is 2. The van der Waals surface area contributed by atoms with Gasteiger partial charge in [0.15, 0.2) is 16.6 Å². The first kappa shape index (κ1) is 13.1. The standard InChI is InChI=1S/C16H13N3O2S/c1-3-13-14(21-10-20-13)8-11(1)7-12-2-4-15(18-9-12)19-16-17-5-6-22-16/h1-6,8-9H,7,10H2,(H,17,18,19). The van der Waals surface area contributed by atoms with Gasteiger partial charge in [0, 0.05) is 17.8 Å². The number of fused-ring (bicyclic) bond motifs is 1. The van der Waals surface area contributed by atoms with E-state index in [1.807, 2.05) is 29.8 Å². The molecule has 1 aromatic carbocycles. The summed E-state index contributed by atoms with van der Waals surface area (Å²) in [7, 11) is 0. The van der Waals surface area contributed by atoms with Crippen molar-refractivity contribution >= 4 is 22.3 Å². The van der Waals surface area contributed by atoms with Crippen LogP contribution in [0.1, 0.15) is 11.1 Å². The van der Waals surface area contributed by atoms with E-state index >= 15 is 0 Å². The minimum Gasteiger partial charge on any atom is -0.454 e. The lowest BCUT2D eigenvalue weighted by Gasteiger charge is -2.05. The smallest absolute Gasteiger partial charge is 0.231 e. The number of hydrogen-bond donors (Lipinski definition) is 1. The fraction of sp³-hybridized carbons (Fsp3) is 0.125. The van der Waals surface area contributed by atoms with Crippen LogP contribution in [0.5, 0.6) is 11.5 Å². The minimum atomic E-state index is 0.303. The monoisotopic (exact) mass is 311 g/mol. The van der Waals surface area contributed by atoms with Crippen LogP contribution in [0.2, 0.25) is 0 Å². The van der Waals surface area contributed by atoms with Crippen LogP contribution in [0.4, 0.5) is 10.9 Å². The lowest BCUT2D eigenvalue weighted by atomic mass is 10.1. The molecule has 22 heavy (non-hydrogen) atoms. The number of thiazole rings is 1. The molecule has 6 heteroatoms. The van der Waals surface area contributed by atoms with Gasteiger partial charge in [0.25, 0.3) is 0 Å². The number of hydrogen-bond acceptors (Lipinski definition) is 6. The Morgan fingerprint density at radius 2 is 1.95 bits per heavy atom. The Morgan fingerprint density at radius 3 is 2.77 bits per heavy atom. The van der Waals surface area contributed by atoms with Crippen molar-refractivity contribution in [2.75, 3.05) is 12.1 Å². The van der Waals surface area contributed by atoms with Crippen LogP contribution in [-0.2, 0) is 6.42 Å². The maximum absolute atomic E-state index is 5.40. The Bertz CT molecular complexity index is 773. The first-order valence-corrected chi connectivity index (χ1v) is 7.75. The molecule has 0 spiro atoms. The molecular formula is C16H13N3O2S. The minimum absolute atomic E-state index is 0.303. The molecule has 3 heterocycles. The fourth-order valence-electron chi connectivity index (χ4n) is 2.28. The average Bonchev–Trinajstić information content (AvgIpc) is 3.20. The van der Waals surface area contributed by atoms with E-state index in [1.165, 1.54) is 5.56 Å². The molecule has 0 amide bonds. The number of nitrogens with one attached hydrogen (secondary N) is 1. The Balaban J connectivity index is 1.47. The Kier molecular flexibility index (Phi) is 3.36. The largest absolute Gasteiger partial charge is 0.454 e. The second-order valence-corrected chi connectivity index (χ2v) is 5.77. The molecule has 0 saturated heterocycles. The molecule has 0 aliphatic carbocycles. The molecule has 1 N–H and O–H groups in total. The third kappa shape index (κ3) is 2.73. The highest BCUT2D eigenvalue weighted by molar-refractivity contribution is 7.13. The topological polar surface area (TPSA) is 56.3 Å². The van der Waals surface area contributed by atoms with Gasteiger partial charge in [-0.3, -0.25) is 0 Å². The van der Waals surface area contributed by atoms with Gasteiger partial charge in [0.2, 0.25) is 6.79 Å². The van der Waals surface area contributed by atoms with Gasteiger partial charge in [0.05, 0.1) is 0 Å².